The molecule has 0 spiro atoms. The molecule has 0 fully saturated rings. The van der Waals surface area contributed by atoms with Crippen LogP contribution < -0.4 is 20.2 Å². The van der Waals surface area contributed by atoms with Crippen LogP contribution in [0.1, 0.15) is 28.9 Å². The van der Waals surface area contributed by atoms with E-state index in [0.29, 0.717) is 22.6 Å². The number of hydrogen-bond donors (Lipinski definition) is 1. The van der Waals surface area contributed by atoms with Crippen LogP contribution in [0.2, 0.25) is 0 Å². The van der Waals surface area contributed by atoms with E-state index in [2.05, 4.69) is 28.2 Å². The van der Waals surface area contributed by atoms with Crippen LogP contribution in [0.15, 0.2) is 45.8 Å². The van der Waals surface area contributed by atoms with Gasteiger partial charge in [0, 0.05) is 28.2 Å². The molecule has 144 valence electrons. The zero-order chi connectivity index (χ0) is 20.0. The molecule has 0 bridgehead atoms. The van der Waals surface area contributed by atoms with Crippen molar-refractivity contribution in [2.24, 2.45) is 0 Å². The minimum atomic E-state index is -0.472. The van der Waals surface area contributed by atoms with Crippen molar-refractivity contribution in [3.05, 3.63) is 62.4 Å². The zero-order valence-corrected chi connectivity index (χ0v) is 17.3. The third-order valence-corrected chi connectivity index (χ3v) is 5.52. The Kier molecular flexibility index (Phi) is 4.63. The number of carbonyl (C=O) groups excluding carboxylic acids is 1. The zero-order valence-electron chi connectivity index (χ0n) is 15.7. The first-order valence-electron chi connectivity index (χ1n) is 8.83. The molecule has 2 heterocycles. The second-order valence-corrected chi connectivity index (χ2v) is 7.73. The van der Waals surface area contributed by atoms with Crippen LogP contribution in [0, 0.1) is 0 Å². The fourth-order valence-corrected chi connectivity index (χ4v) is 4.22. The third-order valence-electron chi connectivity index (χ3n) is 5.06. The average Bonchev–Trinajstić information content (AvgIpc) is 2.99. The molecule has 0 radical (unpaired) electrons. The van der Waals surface area contributed by atoms with E-state index in [0.717, 1.165) is 22.0 Å². The molecule has 28 heavy (non-hydrogen) atoms. The quantitative estimate of drug-likeness (QED) is 0.658. The fraction of sp³-hybridized carbons (Fsp3) is 0.238. The summed E-state index contributed by atoms with van der Waals surface area (Å²) in [7, 11) is 3.07. The van der Waals surface area contributed by atoms with E-state index in [4.69, 9.17) is 9.47 Å². The average molecular weight is 443 g/mol. The molecular weight excluding hydrogens is 424 g/mol. The maximum Gasteiger partial charge on any atom is 0.261 e. The highest BCUT2D eigenvalue weighted by atomic mass is 79.9. The summed E-state index contributed by atoms with van der Waals surface area (Å²) in [5.41, 5.74) is 2.30. The van der Waals surface area contributed by atoms with Gasteiger partial charge in [-0.2, -0.15) is 0 Å². The molecule has 1 aromatic heterocycles. The van der Waals surface area contributed by atoms with E-state index in [-0.39, 0.29) is 17.0 Å². The smallest absolute Gasteiger partial charge is 0.261 e. The summed E-state index contributed by atoms with van der Waals surface area (Å²) in [4.78, 5) is 26.0. The number of rotatable bonds is 4. The maximum absolute atomic E-state index is 13.1. The van der Waals surface area contributed by atoms with E-state index in [1.165, 1.54) is 7.11 Å². The summed E-state index contributed by atoms with van der Waals surface area (Å²) in [6, 6.07) is 9.06. The standard InChI is InChI=1S/C21H19BrN2O4/c1-11-6-12-7-13(22)8-15-19(12)24(11)10-16(20(15)25)21(26)23-17-5-4-14(27-2)9-18(17)28-3/h4-5,7-11H,6H2,1-3H3,(H,23,26)/t11-/m0/s1. The van der Waals surface area contributed by atoms with Crippen LogP contribution >= 0.6 is 15.9 Å². The van der Waals surface area contributed by atoms with Gasteiger partial charge in [-0.05, 0) is 43.2 Å². The molecule has 0 unspecified atom stereocenters. The molecule has 6 nitrogen and oxygen atoms in total. The predicted octanol–water partition coefficient (Wildman–Crippen LogP) is 4.15. The lowest BCUT2D eigenvalue weighted by Crippen LogP contribution is -2.24. The highest BCUT2D eigenvalue weighted by Gasteiger charge is 2.25. The molecule has 2 aromatic carbocycles. The number of anilines is 1. The van der Waals surface area contributed by atoms with E-state index in [9.17, 15) is 9.59 Å². The normalized spacial score (nSPS) is 14.9. The van der Waals surface area contributed by atoms with Crippen LogP contribution in [0.3, 0.4) is 0 Å². The Morgan fingerprint density at radius 2 is 2.00 bits per heavy atom. The van der Waals surface area contributed by atoms with Gasteiger partial charge >= 0.3 is 0 Å². The van der Waals surface area contributed by atoms with Gasteiger partial charge in [0.2, 0.25) is 5.43 Å². The lowest BCUT2D eigenvalue weighted by atomic mass is 10.1. The van der Waals surface area contributed by atoms with Gasteiger partial charge in [0.15, 0.2) is 0 Å². The summed E-state index contributed by atoms with van der Waals surface area (Å²) >= 11 is 3.47. The number of aromatic nitrogens is 1. The molecule has 1 aliphatic heterocycles. The van der Waals surface area contributed by atoms with Crippen molar-refractivity contribution in [3.63, 3.8) is 0 Å². The third kappa shape index (κ3) is 2.96. The minimum Gasteiger partial charge on any atom is -0.497 e. The lowest BCUT2D eigenvalue weighted by molar-refractivity contribution is 0.102. The molecule has 1 aliphatic rings. The van der Waals surface area contributed by atoms with Crippen LogP contribution in [0.5, 0.6) is 11.5 Å². The van der Waals surface area contributed by atoms with Crippen molar-refractivity contribution in [1.29, 1.82) is 0 Å². The molecule has 1 N–H and O–H groups in total. The van der Waals surface area contributed by atoms with Gasteiger partial charge in [-0.1, -0.05) is 15.9 Å². The number of methoxy groups -OCH3 is 2. The van der Waals surface area contributed by atoms with Crippen molar-refractivity contribution in [1.82, 2.24) is 4.57 Å². The Morgan fingerprint density at radius 3 is 2.71 bits per heavy atom. The first-order chi connectivity index (χ1) is 13.4. The number of nitrogens with zero attached hydrogens (tertiary/aromatic N) is 1. The number of benzene rings is 2. The number of carbonyl (C=O) groups is 1. The van der Waals surface area contributed by atoms with E-state index >= 15 is 0 Å². The van der Waals surface area contributed by atoms with Crippen LogP contribution in [-0.4, -0.2) is 24.7 Å². The van der Waals surface area contributed by atoms with Crippen LogP contribution in [0.4, 0.5) is 5.69 Å². The molecule has 7 heteroatoms. The van der Waals surface area contributed by atoms with Crippen molar-refractivity contribution < 1.29 is 14.3 Å². The first-order valence-corrected chi connectivity index (χ1v) is 9.63. The van der Waals surface area contributed by atoms with Crippen molar-refractivity contribution in [2.75, 3.05) is 19.5 Å². The molecule has 3 aromatic rings. The number of hydrogen-bond acceptors (Lipinski definition) is 4. The Balaban J connectivity index is 1.80. The van der Waals surface area contributed by atoms with Crippen molar-refractivity contribution >= 4 is 38.4 Å². The number of halogens is 1. The van der Waals surface area contributed by atoms with Gasteiger partial charge in [-0.25, -0.2) is 0 Å². The molecule has 0 aliphatic carbocycles. The van der Waals surface area contributed by atoms with Gasteiger partial charge in [-0.15, -0.1) is 0 Å². The van der Waals surface area contributed by atoms with E-state index in [1.54, 1.807) is 37.6 Å². The van der Waals surface area contributed by atoms with Crippen molar-refractivity contribution in [2.45, 2.75) is 19.4 Å². The molecule has 1 atom stereocenters. The minimum absolute atomic E-state index is 0.100. The lowest BCUT2D eigenvalue weighted by Gasteiger charge is -2.14. The topological polar surface area (TPSA) is 69.6 Å². The Hall–Kier alpha value is -2.80. The Bertz CT molecular complexity index is 1170. The molecule has 0 saturated carbocycles. The molecule has 1 amide bonds. The monoisotopic (exact) mass is 442 g/mol. The summed E-state index contributed by atoms with van der Waals surface area (Å²) in [5, 5.41) is 3.33. The molecule has 4 rings (SSSR count). The first kappa shape index (κ1) is 18.6. The highest BCUT2D eigenvalue weighted by Crippen LogP contribution is 2.34. The summed E-state index contributed by atoms with van der Waals surface area (Å²) < 4.78 is 13.4. The summed E-state index contributed by atoms with van der Waals surface area (Å²) in [5.74, 6) is 0.594. The summed E-state index contributed by atoms with van der Waals surface area (Å²) in [6.45, 7) is 2.08. The Labute approximate surface area is 170 Å². The highest BCUT2D eigenvalue weighted by molar-refractivity contribution is 9.10. The van der Waals surface area contributed by atoms with Gasteiger partial charge in [0.25, 0.3) is 5.91 Å². The van der Waals surface area contributed by atoms with Gasteiger partial charge < -0.3 is 19.4 Å². The van der Waals surface area contributed by atoms with Gasteiger partial charge in [-0.3, -0.25) is 9.59 Å². The predicted molar refractivity (Wildman–Crippen MR) is 112 cm³/mol. The van der Waals surface area contributed by atoms with E-state index < -0.39 is 5.91 Å². The SMILES string of the molecule is COc1ccc(NC(=O)c2cn3c4c(cc(Br)cc4c2=O)C[C@@H]3C)c(OC)c1. The second kappa shape index (κ2) is 6.98. The van der Waals surface area contributed by atoms with Gasteiger partial charge in [0.05, 0.1) is 25.4 Å². The fourth-order valence-electron chi connectivity index (χ4n) is 3.71. The van der Waals surface area contributed by atoms with Crippen LogP contribution in [-0.2, 0) is 6.42 Å². The Morgan fingerprint density at radius 1 is 1.21 bits per heavy atom. The molecular formula is C21H19BrN2O4. The number of ether oxygens (including phenoxy) is 2. The largest absolute Gasteiger partial charge is 0.497 e. The van der Waals surface area contributed by atoms with E-state index in [1.807, 2.05) is 10.6 Å². The number of nitrogens with one attached hydrogen (secondary N) is 1. The number of amides is 1. The maximum atomic E-state index is 13.1. The second-order valence-electron chi connectivity index (χ2n) is 6.81. The van der Waals surface area contributed by atoms with Crippen LogP contribution in [0.25, 0.3) is 10.9 Å². The van der Waals surface area contributed by atoms with Gasteiger partial charge in [0.1, 0.15) is 17.1 Å². The number of pyridine rings is 1. The summed E-state index contributed by atoms with van der Waals surface area (Å²) in [6.07, 6.45) is 2.48. The van der Waals surface area contributed by atoms with Crippen molar-refractivity contribution in [3.8, 4) is 11.5 Å². The molecule has 0 saturated heterocycles.